The lowest BCUT2D eigenvalue weighted by molar-refractivity contribution is -0.139. The second-order valence-electron chi connectivity index (χ2n) is 8.22. The number of halogens is 1. The molecule has 7 nitrogen and oxygen atoms in total. The predicted octanol–water partition coefficient (Wildman–Crippen LogP) is 4.00. The van der Waals surface area contributed by atoms with Crippen molar-refractivity contribution in [2.45, 2.75) is 26.3 Å². The summed E-state index contributed by atoms with van der Waals surface area (Å²) in [6.07, 6.45) is 0.630. The molecular weight excluding hydrogens is 439 g/mol. The first-order valence-corrected chi connectivity index (χ1v) is 11.4. The minimum atomic E-state index is -0.844. The molecule has 1 unspecified atom stereocenters. The number of likely N-dealkylation sites (tertiary alicyclic amines) is 1. The average Bonchev–Trinajstić information content (AvgIpc) is 3.05. The third-order valence-corrected chi connectivity index (χ3v) is 5.55. The number of rotatable bonds is 10. The van der Waals surface area contributed by atoms with Crippen LogP contribution < -0.4 is 9.47 Å². The van der Waals surface area contributed by atoms with Gasteiger partial charge < -0.3 is 24.4 Å². The van der Waals surface area contributed by atoms with Crippen LogP contribution in [0.2, 0.25) is 0 Å². The largest absolute Gasteiger partial charge is 0.507 e. The summed E-state index contributed by atoms with van der Waals surface area (Å²) in [6, 6.07) is 9.67. The van der Waals surface area contributed by atoms with E-state index in [-0.39, 0.29) is 16.9 Å². The number of carbonyl (C=O) groups is 2. The lowest BCUT2D eigenvalue weighted by Crippen LogP contribution is -2.32. The Morgan fingerprint density at radius 2 is 1.74 bits per heavy atom. The van der Waals surface area contributed by atoms with E-state index < -0.39 is 23.5 Å². The Labute approximate surface area is 199 Å². The Morgan fingerprint density at radius 1 is 1.06 bits per heavy atom. The van der Waals surface area contributed by atoms with Crippen molar-refractivity contribution in [3.8, 4) is 11.5 Å². The molecule has 2 aromatic rings. The standard InChI is InChI=1S/C26H31FN2O5/c1-5-33-19-12-13-20(21(16-19)34-6-2)24(30)22-23(17-8-10-18(27)11-9-17)29(26(32)25(22)31)15-7-14-28(3)4/h8-13,16,23,30H,5-7,14-15H2,1-4H3/b24-22-. The third kappa shape index (κ3) is 5.39. The molecule has 1 fully saturated rings. The Balaban J connectivity index is 2.13. The van der Waals surface area contributed by atoms with Crippen LogP contribution >= 0.6 is 0 Å². The summed E-state index contributed by atoms with van der Waals surface area (Å²) < 4.78 is 24.9. The van der Waals surface area contributed by atoms with Gasteiger partial charge in [0.05, 0.1) is 30.4 Å². The van der Waals surface area contributed by atoms with Crippen LogP contribution in [0.15, 0.2) is 48.0 Å². The highest BCUT2D eigenvalue weighted by molar-refractivity contribution is 6.46. The summed E-state index contributed by atoms with van der Waals surface area (Å²) >= 11 is 0. The van der Waals surface area contributed by atoms with Crippen LogP contribution in [0, 0.1) is 5.82 Å². The number of hydrogen-bond donors (Lipinski definition) is 1. The van der Waals surface area contributed by atoms with Crippen LogP contribution in [-0.2, 0) is 9.59 Å². The van der Waals surface area contributed by atoms with Gasteiger partial charge in [0.1, 0.15) is 23.1 Å². The van der Waals surface area contributed by atoms with E-state index in [1.54, 1.807) is 25.1 Å². The number of nitrogens with zero attached hydrogens (tertiary/aromatic N) is 2. The zero-order chi connectivity index (χ0) is 24.8. The van der Waals surface area contributed by atoms with E-state index in [2.05, 4.69) is 0 Å². The summed E-state index contributed by atoms with van der Waals surface area (Å²) in [5, 5.41) is 11.3. The molecule has 1 aliphatic rings. The SMILES string of the molecule is CCOc1ccc(/C(O)=C2/C(=O)C(=O)N(CCCN(C)C)C2c2ccc(F)cc2)c(OCC)c1. The number of amides is 1. The van der Waals surface area contributed by atoms with Gasteiger partial charge in [-0.2, -0.15) is 0 Å². The molecule has 2 aromatic carbocycles. The minimum absolute atomic E-state index is 0.0495. The summed E-state index contributed by atoms with van der Waals surface area (Å²) in [6.45, 7) is 5.47. The molecule has 1 saturated heterocycles. The van der Waals surface area contributed by atoms with E-state index in [1.807, 2.05) is 25.9 Å². The van der Waals surface area contributed by atoms with Crippen LogP contribution in [0.25, 0.3) is 5.76 Å². The molecule has 0 aromatic heterocycles. The number of hydrogen-bond acceptors (Lipinski definition) is 6. The first-order chi connectivity index (χ1) is 16.3. The summed E-state index contributed by atoms with van der Waals surface area (Å²) in [5.41, 5.74) is 0.770. The highest BCUT2D eigenvalue weighted by Gasteiger charge is 2.46. The van der Waals surface area contributed by atoms with Crippen molar-refractivity contribution in [1.29, 1.82) is 0 Å². The monoisotopic (exact) mass is 470 g/mol. The number of aliphatic hydroxyl groups is 1. The van der Waals surface area contributed by atoms with E-state index in [1.165, 1.54) is 29.2 Å². The average molecular weight is 471 g/mol. The summed E-state index contributed by atoms with van der Waals surface area (Å²) in [7, 11) is 3.85. The maximum atomic E-state index is 13.6. The summed E-state index contributed by atoms with van der Waals surface area (Å²) in [4.78, 5) is 29.6. The predicted molar refractivity (Wildman–Crippen MR) is 127 cm³/mol. The smallest absolute Gasteiger partial charge is 0.295 e. The quantitative estimate of drug-likeness (QED) is 0.321. The van der Waals surface area contributed by atoms with E-state index >= 15 is 0 Å². The summed E-state index contributed by atoms with van der Waals surface area (Å²) in [5.74, 6) is -1.36. The Bertz CT molecular complexity index is 1070. The first kappa shape index (κ1) is 25.2. The molecule has 3 rings (SSSR count). The number of Topliss-reactive ketones (excluding diaryl/α,β-unsaturated/α-hetero) is 1. The van der Waals surface area contributed by atoms with Crippen LogP contribution in [0.1, 0.15) is 37.4 Å². The molecule has 0 bridgehead atoms. The number of benzene rings is 2. The fourth-order valence-corrected chi connectivity index (χ4v) is 4.03. The topological polar surface area (TPSA) is 79.3 Å². The van der Waals surface area contributed by atoms with Gasteiger partial charge in [-0.25, -0.2) is 4.39 Å². The van der Waals surface area contributed by atoms with Crippen molar-refractivity contribution in [1.82, 2.24) is 9.80 Å². The van der Waals surface area contributed by atoms with Gasteiger partial charge in [0.15, 0.2) is 0 Å². The zero-order valence-electron chi connectivity index (χ0n) is 20.0. The molecule has 182 valence electrons. The molecular formula is C26H31FN2O5. The highest BCUT2D eigenvalue weighted by atomic mass is 19.1. The van der Waals surface area contributed by atoms with Gasteiger partial charge in [0.2, 0.25) is 0 Å². The van der Waals surface area contributed by atoms with Crippen LogP contribution in [0.5, 0.6) is 11.5 Å². The van der Waals surface area contributed by atoms with Crippen molar-refractivity contribution in [3.05, 3.63) is 65.0 Å². The molecule has 1 amide bonds. The van der Waals surface area contributed by atoms with Gasteiger partial charge in [0, 0.05) is 12.6 Å². The van der Waals surface area contributed by atoms with Crippen molar-refractivity contribution in [2.75, 3.05) is 40.4 Å². The maximum absolute atomic E-state index is 13.6. The number of carbonyl (C=O) groups excluding carboxylic acids is 2. The van der Waals surface area contributed by atoms with E-state index in [4.69, 9.17) is 9.47 Å². The number of aliphatic hydroxyl groups excluding tert-OH is 1. The molecule has 0 aliphatic carbocycles. The van der Waals surface area contributed by atoms with Gasteiger partial charge >= 0.3 is 0 Å². The van der Waals surface area contributed by atoms with Gasteiger partial charge in [-0.05, 0) is 70.7 Å². The second-order valence-corrected chi connectivity index (χ2v) is 8.22. The molecule has 1 aliphatic heterocycles. The minimum Gasteiger partial charge on any atom is -0.507 e. The molecule has 0 saturated carbocycles. The molecule has 0 spiro atoms. The zero-order valence-corrected chi connectivity index (χ0v) is 20.0. The fraction of sp³-hybridized carbons (Fsp3) is 0.385. The third-order valence-electron chi connectivity index (χ3n) is 5.55. The molecule has 1 N–H and O–H groups in total. The highest BCUT2D eigenvalue weighted by Crippen LogP contribution is 2.41. The van der Waals surface area contributed by atoms with Crippen molar-refractivity contribution in [2.24, 2.45) is 0 Å². The molecule has 34 heavy (non-hydrogen) atoms. The van der Waals surface area contributed by atoms with E-state index in [9.17, 15) is 19.1 Å². The molecule has 8 heteroatoms. The van der Waals surface area contributed by atoms with Crippen LogP contribution in [0.4, 0.5) is 4.39 Å². The maximum Gasteiger partial charge on any atom is 0.295 e. The van der Waals surface area contributed by atoms with Crippen molar-refractivity contribution in [3.63, 3.8) is 0 Å². The van der Waals surface area contributed by atoms with Gasteiger partial charge in [-0.15, -0.1) is 0 Å². The van der Waals surface area contributed by atoms with Crippen molar-refractivity contribution < 1.29 is 28.6 Å². The Kier molecular flexibility index (Phi) is 8.28. The lowest BCUT2D eigenvalue weighted by atomic mass is 9.95. The van der Waals surface area contributed by atoms with Gasteiger partial charge in [-0.3, -0.25) is 9.59 Å². The lowest BCUT2D eigenvalue weighted by Gasteiger charge is -2.26. The van der Waals surface area contributed by atoms with E-state index in [0.717, 1.165) is 0 Å². The van der Waals surface area contributed by atoms with E-state index in [0.29, 0.717) is 49.8 Å². The normalized spacial score (nSPS) is 17.5. The Hall–Kier alpha value is -3.39. The number of ether oxygens (including phenoxy) is 2. The molecule has 0 radical (unpaired) electrons. The fourth-order valence-electron chi connectivity index (χ4n) is 4.03. The van der Waals surface area contributed by atoms with Crippen molar-refractivity contribution >= 4 is 17.4 Å². The number of ketones is 1. The first-order valence-electron chi connectivity index (χ1n) is 11.4. The van der Waals surface area contributed by atoms with Gasteiger partial charge in [0.25, 0.3) is 11.7 Å². The van der Waals surface area contributed by atoms with Crippen LogP contribution in [-0.4, -0.2) is 67.0 Å². The van der Waals surface area contributed by atoms with Crippen LogP contribution in [0.3, 0.4) is 0 Å². The molecule has 1 atom stereocenters. The molecule has 1 heterocycles. The second kappa shape index (κ2) is 11.2. The Morgan fingerprint density at radius 3 is 2.35 bits per heavy atom. The van der Waals surface area contributed by atoms with Gasteiger partial charge in [-0.1, -0.05) is 12.1 Å².